The first-order valence-electron chi connectivity index (χ1n) is 6.99. The van der Waals surface area contributed by atoms with Crippen LogP contribution in [0.15, 0.2) is 48.5 Å². The molecular formula is C17H12Cl2N2O3. The first-order chi connectivity index (χ1) is 11.5. The fourth-order valence-electron chi connectivity index (χ4n) is 2.14. The van der Waals surface area contributed by atoms with Gasteiger partial charge in [0.2, 0.25) is 0 Å². The highest BCUT2D eigenvalue weighted by Crippen LogP contribution is 2.36. The molecule has 0 radical (unpaired) electrons. The Kier molecular flexibility index (Phi) is 4.74. The molecular weight excluding hydrogens is 351 g/mol. The molecule has 24 heavy (non-hydrogen) atoms. The van der Waals surface area contributed by atoms with Crippen molar-refractivity contribution < 1.29 is 14.6 Å². The average molecular weight is 363 g/mol. The number of aromatic nitrogens is 2. The Balaban J connectivity index is 1.84. The van der Waals surface area contributed by atoms with Crippen LogP contribution in [0, 0.1) is 0 Å². The molecule has 3 aromatic rings. The molecule has 5 nitrogen and oxygen atoms in total. The quantitative estimate of drug-likeness (QED) is 0.691. The topological polar surface area (TPSA) is 75.2 Å². The van der Waals surface area contributed by atoms with Crippen molar-refractivity contribution in [2.75, 3.05) is 0 Å². The molecule has 0 fully saturated rings. The maximum atomic E-state index is 10.9. The lowest BCUT2D eigenvalue weighted by Gasteiger charge is -2.10. The minimum absolute atomic E-state index is 0.0263. The summed E-state index contributed by atoms with van der Waals surface area (Å²) in [7, 11) is 0. The Morgan fingerprint density at radius 2 is 1.88 bits per heavy atom. The number of carboxylic acids is 1. The molecule has 0 saturated carbocycles. The second-order valence-electron chi connectivity index (χ2n) is 5.01. The van der Waals surface area contributed by atoms with Crippen LogP contribution in [0.5, 0.6) is 5.75 Å². The van der Waals surface area contributed by atoms with Gasteiger partial charge in [0, 0.05) is 11.6 Å². The molecule has 0 unspecified atom stereocenters. The van der Waals surface area contributed by atoms with E-state index in [-0.39, 0.29) is 5.69 Å². The molecule has 0 bridgehead atoms. The van der Waals surface area contributed by atoms with Crippen molar-refractivity contribution in [2.24, 2.45) is 0 Å². The number of rotatable bonds is 5. The molecule has 0 aliphatic heterocycles. The van der Waals surface area contributed by atoms with Gasteiger partial charge in [-0.25, -0.2) is 4.79 Å². The summed E-state index contributed by atoms with van der Waals surface area (Å²) in [6.45, 7) is 0.363. The third-order valence-corrected chi connectivity index (χ3v) is 3.95. The first kappa shape index (κ1) is 16.4. The number of hydrogen-bond acceptors (Lipinski definition) is 3. The number of nitrogens with one attached hydrogen (secondary N) is 1. The summed E-state index contributed by atoms with van der Waals surface area (Å²) in [4.78, 5) is 10.9. The van der Waals surface area contributed by atoms with E-state index in [0.717, 1.165) is 5.56 Å². The zero-order chi connectivity index (χ0) is 17.1. The van der Waals surface area contributed by atoms with Crippen LogP contribution in [0.2, 0.25) is 10.0 Å². The fourth-order valence-corrected chi connectivity index (χ4v) is 2.61. The van der Waals surface area contributed by atoms with Crippen LogP contribution in [0.4, 0.5) is 0 Å². The molecule has 2 N–H and O–H groups in total. The second kappa shape index (κ2) is 6.95. The summed E-state index contributed by atoms with van der Waals surface area (Å²) in [5.74, 6) is -0.651. The van der Waals surface area contributed by atoms with E-state index in [4.69, 9.17) is 33.0 Å². The van der Waals surface area contributed by atoms with Gasteiger partial charge in [0.15, 0.2) is 0 Å². The number of carbonyl (C=O) groups is 1. The van der Waals surface area contributed by atoms with Gasteiger partial charge in [0.05, 0.1) is 15.7 Å². The fraction of sp³-hybridized carbons (Fsp3) is 0.0588. The normalized spacial score (nSPS) is 10.6. The lowest BCUT2D eigenvalue weighted by molar-refractivity contribution is 0.0690. The number of nitrogens with zero attached hydrogens (tertiary/aromatic N) is 1. The van der Waals surface area contributed by atoms with E-state index in [1.54, 1.807) is 12.1 Å². The molecule has 7 heteroatoms. The smallest absolute Gasteiger partial charge is 0.353 e. The summed E-state index contributed by atoms with van der Waals surface area (Å²) in [6, 6.07) is 14.3. The second-order valence-corrected chi connectivity index (χ2v) is 5.82. The largest absolute Gasteiger partial charge is 0.487 e. The van der Waals surface area contributed by atoms with Gasteiger partial charge in [0.1, 0.15) is 18.1 Å². The van der Waals surface area contributed by atoms with Crippen molar-refractivity contribution in [2.45, 2.75) is 6.61 Å². The number of halogens is 2. The van der Waals surface area contributed by atoms with Crippen molar-refractivity contribution in [3.05, 3.63) is 69.8 Å². The minimum atomic E-state index is -1.10. The van der Waals surface area contributed by atoms with Gasteiger partial charge in [-0.3, -0.25) is 5.10 Å². The predicted octanol–water partition coefficient (Wildman–Crippen LogP) is 4.66. The lowest BCUT2D eigenvalue weighted by atomic mass is 10.1. The van der Waals surface area contributed by atoms with Crippen LogP contribution in [-0.2, 0) is 6.61 Å². The molecule has 0 atom stereocenters. The molecule has 3 rings (SSSR count). The Labute approximate surface area is 147 Å². The standard InChI is InChI=1S/C17H12Cl2N2O3/c18-12-7-16(24-9-10-4-2-1-3-5-10)13(19)6-11(12)14-8-15(17(22)23)21-20-14/h1-8H,9H2,(H,20,21)(H,22,23). The van der Waals surface area contributed by atoms with E-state index in [2.05, 4.69) is 10.2 Å². The Morgan fingerprint density at radius 3 is 2.54 bits per heavy atom. The van der Waals surface area contributed by atoms with Crippen LogP contribution >= 0.6 is 23.2 Å². The van der Waals surface area contributed by atoms with Crippen LogP contribution in [-0.4, -0.2) is 21.3 Å². The van der Waals surface area contributed by atoms with Crippen LogP contribution < -0.4 is 4.74 Å². The highest BCUT2D eigenvalue weighted by atomic mass is 35.5. The third kappa shape index (κ3) is 3.53. The van der Waals surface area contributed by atoms with Gasteiger partial charge < -0.3 is 9.84 Å². The van der Waals surface area contributed by atoms with Gasteiger partial charge in [-0.2, -0.15) is 5.10 Å². The van der Waals surface area contributed by atoms with Crippen molar-refractivity contribution in [1.82, 2.24) is 10.2 Å². The van der Waals surface area contributed by atoms with Crippen LogP contribution in [0.3, 0.4) is 0 Å². The number of H-pyrrole nitrogens is 1. The SMILES string of the molecule is O=C(O)c1cc(-c2cc(Cl)c(OCc3ccccc3)cc2Cl)n[nH]1. The van der Waals surface area contributed by atoms with Crippen molar-refractivity contribution in [3.8, 4) is 17.0 Å². The predicted molar refractivity (Wildman–Crippen MR) is 91.8 cm³/mol. The molecule has 122 valence electrons. The molecule has 0 saturated heterocycles. The average Bonchev–Trinajstić information content (AvgIpc) is 3.06. The summed E-state index contributed by atoms with van der Waals surface area (Å²) in [6.07, 6.45) is 0. The zero-order valence-corrected chi connectivity index (χ0v) is 13.8. The van der Waals surface area contributed by atoms with E-state index in [1.165, 1.54) is 6.07 Å². The van der Waals surface area contributed by atoms with Crippen molar-refractivity contribution >= 4 is 29.2 Å². The highest BCUT2D eigenvalue weighted by molar-refractivity contribution is 6.36. The molecule has 1 aromatic heterocycles. The van der Waals surface area contributed by atoms with Gasteiger partial charge in [-0.1, -0.05) is 53.5 Å². The molecule has 0 aliphatic rings. The molecule has 1 heterocycles. The van der Waals surface area contributed by atoms with E-state index < -0.39 is 5.97 Å². The number of aromatic amines is 1. The van der Waals surface area contributed by atoms with Crippen LogP contribution in [0.25, 0.3) is 11.3 Å². The van der Waals surface area contributed by atoms with Gasteiger partial charge in [-0.05, 0) is 17.7 Å². The summed E-state index contributed by atoms with van der Waals surface area (Å²) in [5.41, 5.74) is 1.90. The van der Waals surface area contributed by atoms with Gasteiger partial charge in [-0.15, -0.1) is 0 Å². The van der Waals surface area contributed by atoms with Gasteiger partial charge >= 0.3 is 5.97 Å². The molecule has 0 aliphatic carbocycles. The van der Waals surface area contributed by atoms with Gasteiger partial charge in [0.25, 0.3) is 0 Å². The van der Waals surface area contributed by atoms with E-state index in [9.17, 15) is 4.79 Å². The number of ether oxygens (including phenoxy) is 1. The first-order valence-corrected chi connectivity index (χ1v) is 7.75. The monoisotopic (exact) mass is 362 g/mol. The summed E-state index contributed by atoms with van der Waals surface area (Å²) < 4.78 is 5.70. The van der Waals surface area contributed by atoms with E-state index in [0.29, 0.717) is 33.7 Å². The lowest BCUT2D eigenvalue weighted by Crippen LogP contribution is -1.96. The molecule has 0 amide bonds. The number of benzene rings is 2. The maximum absolute atomic E-state index is 10.9. The van der Waals surface area contributed by atoms with Crippen molar-refractivity contribution in [1.29, 1.82) is 0 Å². The third-order valence-electron chi connectivity index (χ3n) is 3.34. The number of aromatic carboxylic acids is 1. The molecule has 2 aromatic carbocycles. The number of hydrogen-bond donors (Lipinski definition) is 2. The Hall–Kier alpha value is -2.50. The van der Waals surface area contributed by atoms with E-state index >= 15 is 0 Å². The zero-order valence-electron chi connectivity index (χ0n) is 12.3. The van der Waals surface area contributed by atoms with Crippen LogP contribution in [0.1, 0.15) is 16.1 Å². The van der Waals surface area contributed by atoms with Crippen molar-refractivity contribution in [3.63, 3.8) is 0 Å². The minimum Gasteiger partial charge on any atom is -0.487 e. The molecule has 0 spiro atoms. The maximum Gasteiger partial charge on any atom is 0.353 e. The van der Waals surface area contributed by atoms with E-state index in [1.807, 2.05) is 30.3 Å². The number of carboxylic acid groups (broad SMARTS) is 1. The highest BCUT2D eigenvalue weighted by Gasteiger charge is 2.15. The Bertz CT molecular complexity index is 879. The summed E-state index contributed by atoms with van der Waals surface area (Å²) >= 11 is 12.5. The summed E-state index contributed by atoms with van der Waals surface area (Å²) in [5, 5.41) is 16.0. The Morgan fingerprint density at radius 1 is 1.12 bits per heavy atom.